The number of nitrogens with two attached hydrogens (primary N) is 1. The molecule has 0 unspecified atom stereocenters. The zero-order valence-corrected chi connectivity index (χ0v) is 16.8. The summed E-state index contributed by atoms with van der Waals surface area (Å²) in [6.45, 7) is 12.1. The fraction of sp³-hybridized carbons (Fsp3) is 0.588. The molecule has 0 amide bonds. The molecule has 1 fully saturated rings. The van der Waals surface area contributed by atoms with E-state index in [9.17, 15) is 0 Å². The third-order valence-corrected chi connectivity index (χ3v) is 5.87. The van der Waals surface area contributed by atoms with Gasteiger partial charge >= 0.3 is 0 Å². The van der Waals surface area contributed by atoms with E-state index in [0.717, 1.165) is 59.2 Å². The molecule has 26 heavy (non-hydrogen) atoms. The summed E-state index contributed by atoms with van der Waals surface area (Å²) in [6, 6.07) is 0. The van der Waals surface area contributed by atoms with E-state index in [0.29, 0.717) is 0 Å². The first-order valence-electron chi connectivity index (χ1n) is 8.89. The van der Waals surface area contributed by atoms with Gasteiger partial charge in [0, 0.05) is 38.6 Å². The second kappa shape index (κ2) is 5.87. The van der Waals surface area contributed by atoms with Crippen LogP contribution < -0.4 is 15.5 Å². The van der Waals surface area contributed by atoms with E-state index in [1.807, 2.05) is 29.4 Å². The Morgan fingerprint density at radius 2 is 1.73 bits per heavy atom. The standard InChI is InChI=1S/C17H26N8S/c1-11-13(18)14(22(5)20-11)23-6-8-24(9-7-23)16-21-25-10-12(17(2,3)4)19-15(25)26-16/h10H,6-9,18H2,1-5H3. The smallest absolute Gasteiger partial charge is 0.214 e. The summed E-state index contributed by atoms with van der Waals surface area (Å²) in [7, 11) is 1.95. The minimum Gasteiger partial charge on any atom is -0.394 e. The second-order valence-corrected chi connectivity index (χ2v) is 8.84. The average Bonchev–Trinajstić information content (AvgIpc) is 3.20. The normalized spacial score (nSPS) is 16.0. The van der Waals surface area contributed by atoms with E-state index >= 15 is 0 Å². The Bertz CT molecular complexity index is 905. The summed E-state index contributed by atoms with van der Waals surface area (Å²) in [5.74, 6) is 1.02. The van der Waals surface area contributed by atoms with Crippen molar-refractivity contribution in [3.8, 4) is 0 Å². The Balaban J connectivity index is 1.49. The largest absolute Gasteiger partial charge is 0.394 e. The molecule has 3 aromatic heterocycles. The predicted molar refractivity (Wildman–Crippen MR) is 106 cm³/mol. The highest BCUT2D eigenvalue weighted by molar-refractivity contribution is 7.20. The average molecular weight is 375 g/mol. The van der Waals surface area contributed by atoms with Crippen LogP contribution in [0.4, 0.5) is 16.6 Å². The molecule has 1 aliphatic heterocycles. The van der Waals surface area contributed by atoms with Gasteiger partial charge in [0.1, 0.15) is 0 Å². The summed E-state index contributed by atoms with van der Waals surface area (Å²) in [5, 5.41) is 10.2. The third kappa shape index (κ3) is 2.80. The molecule has 3 aromatic rings. The maximum atomic E-state index is 6.21. The zero-order chi connectivity index (χ0) is 18.6. The van der Waals surface area contributed by atoms with Crippen LogP contribution in [-0.4, -0.2) is 50.6 Å². The number of piperazine rings is 1. The number of aryl methyl sites for hydroxylation is 2. The number of hydrogen-bond donors (Lipinski definition) is 1. The van der Waals surface area contributed by atoms with Crippen molar-refractivity contribution in [2.24, 2.45) is 7.05 Å². The molecule has 1 saturated heterocycles. The number of nitrogens with zero attached hydrogens (tertiary/aromatic N) is 7. The third-order valence-electron chi connectivity index (χ3n) is 4.89. The molecule has 9 heteroatoms. The Labute approximate surface area is 157 Å². The highest BCUT2D eigenvalue weighted by Crippen LogP contribution is 2.30. The van der Waals surface area contributed by atoms with E-state index in [2.05, 4.69) is 35.7 Å². The summed E-state index contributed by atoms with van der Waals surface area (Å²) in [6.07, 6.45) is 2.05. The van der Waals surface area contributed by atoms with Crippen LogP contribution in [0.2, 0.25) is 0 Å². The van der Waals surface area contributed by atoms with Crippen molar-refractivity contribution in [3.05, 3.63) is 17.6 Å². The second-order valence-electron chi connectivity index (χ2n) is 7.91. The van der Waals surface area contributed by atoms with E-state index < -0.39 is 0 Å². The van der Waals surface area contributed by atoms with Crippen LogP contribution in [-0.2, 0) is 12.5 Å². The van der Waals surface area contributed by atoms with Crippen molar-refractivity contribution in [1.82, 2.24) is 24.4 Å². The molecule has 4 rings (SSSR count). The summed E-state index contributed by atoms with van der Waals surface area (Å²) in [4.78, 5) is 10.3. The highest BCUT2D eigenvalue weighted by atomic mass is 32.1. The van der Waals surface area contributed by atoms with Gasteiger partial charge in [-0.15, -0.1) is 5.10 Å². The Morgan fingerprint density at radius 3 is 2.27 bits per heavy atom. The lowest BCUT2D eigenvalue weighted by molar-refractivity contribution is 0.572. The van der Waals surface area contributed by atoms with Crippen LogP contribution in [0.15, 0.2) is 6.20 Å². The molecule has 0 spiro atoms. The molecule has 0 radical (unpaired) electrons. The molecular formula is C17H26N8S. The molecule has 0 aromatic carbocycles. The van der Waals surface area contributed by atoms with Crippen molar-refractivity contribution < 1.29 is 0 Å². The van der Waals surface area contributed by atoms with Crippen molar-refractivity contribution in [2.45, 2.75) is 33.1 Å². The van der Waals surface area contributed by atoms with Gasteiger partial charge in [0.05, 0.1) is 23.3 Å². The SMILES string of the molecule is Cc1nn(C)c(N2CCN(c3nn4cc(C(C)(C)C)nc4s3)CC2)c1N. The summed E-state index contributed by atoms with van der Waals surface area (Å²) < 4.78 is 3.79. The molecule has 8 nitrogen and oxygen atoms in total. The van der Waals surface area contributed by atoms with E-state index in [-0.39, 0.29) is 5.41 Å². The monoisotopic (exact) mass is 374 g/mol. The van der Waals surface area contributed by atoms with Gasteiger partial charge in [0.15, 0.2) is 5.82 Å². The van der Waals surface area contributed by atoms with Gasteiger partial charge in [-0.25, -0.2) is 9.50 Å². The van der Waals surface area contributed by atoms with Gasteiger partial charge in [-0.3, -0.25) is 4.68 Å². The fourth-order valence-corrected chi connectivity index (χ4v) is 4.26. The molecule has 0 bridgehead atoms. The Morgan fingerprint density at radius 1 is 1.08 bits per heavy atom. The lowest BCUT2D eigenvalue weighted by atomic mass is 9.93. The van der Waals surface area contributed by atoms with Gasteiger partial charge in [-0.2, -0.15) is 5.10 Å². The van der Waals surface area contributed by atoms with Crippen molar-refractivity contribution in [1.29, 1.82) is 0 Å². The maximum Gasteiger partial charge on any atom is 0.214 e. The summed E-state index contributed by atoms with van der Waals surface area (Å²) >= 11 is 1.65. The van der Waals surface area contributed by atoms with Gasteiger partial charge in [-0.05, 0) is 6.92 Å². The van der Waals surface area contributed by atoms with E-state index in [4.69, 9.17) is 15.8 Å². The molecule has 1 aliphatic rings. The number of anilines is 3. The molecule has 0 atom stereocenters. The minimum absolute atomic E-state index is 0.0420. The fourth-order valence-electron chi connectivity index (χ4n) is 3.33. The van der Waals surface area contributed by atoms with E-state index in [1.165, 1.54) is 0 Å². The number of imidazole rings is 1. The maximum absolute atomic E-state index is 6.21. The first-order chi connectivity index (χ1) is 12.2. The number of aromatic nitrogens is 5. The first-order valence-corrected chi connectivity index (χ1v) is 9.71. The predicted octanol–water partition coefficient (Wildman–Crippen LogP) is 2.04. The van der Waals surface area contributed by atoms with Crippen molar-refractivity contribution in [2.75, 3.05) is 41.7 Å². The van der Waals surface area contributed by atoms with Crippen LogP contribution in [0.1, 0.15) is 32.2 Å². The number of nitrogen functional groups attached to an aromatic ring is 1. The van der Waals surface area contributed by atoms with Gasteiger partial charge in [0.2, 0.25) is 10.1 Å². The molecular weight excluding hydrogens is 348 g/mol. The van der Waals surface area contributed by atoms with Crippen molar-refractivity contribution >= 4 is 32.9 Å². The van der Waals surface area contributed by atoms with E-state index in [1.54, 1.807) is 11.3 Å². The molecule has 4 heterocycles. The first kappa shape index (κ1) is 17.1. The summed E-state index contributed by atoms with van der Waals surface area (Å²) in [5.41, 5.74) is 9.00. The zero-order valence-electron chi connectivity index (χ0n) is 16.0. The van der Waals surface area contributed by atoms with Gasteiger partial charge < -0.3 is 15.5 Å². The topological polar surface area (TPSA) is 80.5 Å². The van der Waals surface area contributed by atoms with Crippen LogP contribution in [0.3, 0.4) is 0 Å². The Hall–Kier alpha value is -2.29. The van der Waals surface area contributed by atoms with Gasteiger partial charge in [0.25, 0.3) is 0 Å². The van der Waals surface area contributed by atoms with Crippen LogP contribution in [0.5, 0.6) is 0 Å². The molecule has 0 saturated carbocycles. The minimum atomic E-state index is 0.0420. The van der Waals surface area contributed by atoms with Gasteiger partial charge in [-0.1, -0.05) is 32.1 Å². The van der Waals surface area contributed by atoms with Crippen LogP contribution in [0, 0.1) is 6.92 Å². The number of fused-ring (bicyclic) bond motifs is 1. The van der Waals surface area contributed by atoms with Crippen LogP contribution in [0.25, 0.3) is 4.96 Å². The number of rotatable bonds is 2. The quantitative estimate of drug-likeness (QED) is 0.739. The molecule has 0 aliphatic carbocycles. The lowest BCUT2D eigenvalue weighted by Crippen LogP contribution is -2.47. The lowest BCUT2D eigenvalue weighted by Gasteiger charge is -2.35. The highest BCUT2D eigenvalue weighted by Gasteiger charge is 2.25. The van der Waals surface area contributed by atoms with Crippen LogP contribution >= 0.6 is 11.3 Å². The van der Waals surface area contributed by atoms with Crippen molar-refractivity contribution in [3.63, 3.8) is 0 Å². The Kier molecular flexibility index (Phi) is 3.87. The molecule has 140 valence electrons. The molecule has 2 N–H and O–H groups in total. The number of hydrogen-bond acceptors (Lipinski definition) is 7.